The third-order valence-corrected chi connectivity index (χ3v) is 3.60. The maximum atomic E-state index is 12.0. The van der Waals surface area contributed by atoms with E-state index in [1.54, 1.807) is 18.2 Å². The predicted octanol–water partition coefficient (Wildman–Crippen LogP) is 3.74. The molecule has 0 saturated carbocycles. The summed E-state index contributed by atoms with van der Waals surface area (Å²) < 4.78 is 0.724. The van der Waals surface area contributed by atoms with Crippen molar-refractivity contribution in [3.8, 4) is 0 Å². The van der Waals surface area contributed by atoms with Crippen molar-refractivity contribution in [3.63, 3.8) is 0 Å². The van der Waals surface area contributed by atoms with Gasteiger partial charge < -0.3 is 11.1 Å². The minimum atomic E-state index is -0.437. The van der Waals surface area contributed by atoms with E-state index in [0.717, 1.165) is 10.9 Å². The van der Waals surface area contributed by atoms with Gasteiger partial charge in [0.2, 0.25) is 5.91 Å². The van der Waals surface area contributed by atoms with Crippen LogP contribution in [0.3, 0.4) is 0 Å². The molecule has 1 aromatic carbocycles. The van der Waals surface area contributed by atoms with Crippen LogP contribution in [0, 0.1) is 5.92 Å². The molecular formula is C12H14BrClN2OS. The molecule has 3 nitrogen and oxygen atoms in total. The van der Waals surface area contributed by atoms with E-state index in [1.165, 1.54) is 0 Å². The Balaban J connectivity index is 2.82. The summed E-state index contributed by atoms with van der Waals surface area (Å²) in [4.78, 5) is 12.3. The molecule has 1 aromatic rings. The number of nitrogens with two attached hydrogens (primary N) is 1. The Kier molecular flexibility index (Phi) is 6.05. The van der Waals surface area contributed by atoms with Gasteiger partial charge in [-0.1, -0.05) is 37.2 Å². The molecule has 98 valence electrons. The Morgan fingerprint density at radius 3 is 2.78 bits per heavy atom. The van der Waals surface area contributed by atoms with Crippen LogP contribution in [0.1, 0.15) is 19.8 Å². The minimum absolute atomic E-state index is 0.188. The molecule has 0 aliphatic rings. The maximum absolute atomic E-state index is 12.0. The lowest BCUT2D eigenvalue weighted by atomic mass is 10.0. The van der Waals surface area contributed by atoms with E-state index in [0.29, 0.717) is 17.1 Å². The van der Waals surface area contributed by atoms with E-state index in [1.807, 2.05) is 6.92 Å². The fourth-order valence-corrected chi connectivity index (χ4v) is 2.51. The van der Waals surface area contributed by atoms with Crippen LogP contribution in [0.15, 0.2) is 22.7 Å². The van der Waals surface area contributed by atoms with Crippen LogP contribution in [-0.4, -0.2) is 10.9 Å². The summed E-state index contributed by atoms with van der Waals surface area (Å²) in [6.07, 6.45) is 1.49. The highest BCUT2D eigenvalue weighted by molar-refractivity contribution is 9.10. The van der Waals surface area contributed by atoms with Crippen molar-refractivity contribution >= 4 is 56.3 Å². The molecule has 0 bridgehead atoms. The molecule has 0 aliphatic carbocycles. The summed E-state index contributed by atoms with van der Waals surface area (Å²) in [5.41, 5.74) is 6.23. The van der Waals surface area contributed by atoms with Gasteiger partial charge >= 0.3 is 0 Å². The summed E-state index contributed by atoms with van der Waals surface area (Å²) in [7, 11) is 0. The fraction of sp³-hybridized carbons (Fsp3) is 0.333. The SMILES string of the molecule is CCCC(C(=O)Nc1ccc(Cl)cc1Br)C(N)=S. The highest BCUT2D eigenvalue weighted by Crippen LogP contribution is 2.26. The van der Waals surface area contributed by atoms with Crippen molar-refractivity contribution in [2.24, 2.45) is 11.7 Å². The molecule has 0 fully saturated rings. The quantitative estimate of drug-likeness (QED) is 0.796. The fourth-order valence-electron chi connectivity index (χ4n) is 1.50. The number of anilines is 1. The normalized spacial score (nSPS) is 11.9. The molecule has 18 heavy (non-hydrogen) atoms. The van der Waals surface area contributed by atoms with Gasteiger partial charge in [0.15, 0.2) is 0 Å². The van der Waals surface area contributed by atoms with Crippen LogP contribution in [0.2, 0.25) is 5.02 Å². The number of thiocarbonyl (C=S) groups is 1. The maximum Gasteiger partial charge on any atom is 0.234 e. The Morgan fingerprint density at radius 2 is 2.28 bits per heavy atom. The largest absolute Gasteiger partial charge is 0.393 e. The van der Waals surface area contributed by atoms with Gasteiger partial charge in [0.05, 0.1) is 16.6 Å². The molecule has 1 unspecified atom stereocenters. The van der Waals surface area contributed by atoms with Crippen LogP contribution in [0.5, 0.6) is 0 Å². The Hall–Kier alpha value is -0.650. The van der Waals surface area contributed by atoms with Crippen molar-refractivity contribution < 1.29 is 4.79 Å². The average molecular weight is 350 g/mol. The van der Waals surface area contributed by atoms with E-state index >= 15 is 0 Å². The minimum Gasteiger partial charge on any atom is -0.393 e. The first-order chi connectivity index (χ1) is 8.45. The summed E-state index contributed by atoms with van der Waals surface area (Å²) in [5, 5.41) is 3.39. The second-order valence-corrected chi connectivity index (χ2v) is 5.62. The third-order valence-electron chi connectivity index (χ3n) is 2.43. The van der Waals surface area contributed by atoms with Gasteiger partial charge in [0.25, 0.3) is 0 Å². The number of nitrogens with one attached hydrogen (secondary N) is 1. The highest BCUT2D eigenvalue weighted by Gasteiger charge is 2.21. The van der Waals surface area contributed by atoms with E-state index in [2.05, 4.69) is 21.2 Å². The second-order valence-electron chi connectivity index (χ2n) is 3.86. The molecule has 6 heteroatoms. The van der Waals surface area contributed by atoms with Crippen LogP contribution in [-0.2, 0) is 4.79 Å². The van der Waals surface area contributed by atoms with E-state index in [4.69, 9.17) is 29.6 Å². The molecule has 1 amide bonds. The van der Waals surface area contributed by atoms with Crippen LogP contribution < -0.4 is 11.1 Å². The Bertz CT molecular complexity index is 467. The van der Waals surface area contributed by atoms with Crippen molar-refractivity contribution in [1.29, 1.82) is 0 Å². The first-order valence-corrected chi connectivity index (χ1v) is 7.08. The number of amides is 1. The van der Waals surface area contributed by atoms with E-state index in [-0.39, 0.29) is 10.9 Å². The standard InChI is InChI=1S/C12H14BrClN2OS/c1-2-3-8(11(15)18)12(17)16-10-5-4-7(14)6-9(10)13/h4-6,8H,2-3H2,1H3,(H2,15,18)(H,16,17). The molecular weight excluding hydrogens is 336 g/mol. The summed E-state index contributed by atoms with van der Waals surface area (Å²) >= 11 is 14.1. The van der Waals surface area contributed by atoms with Gasteiger partial charge in [-0.15, -0.1) is 0 Å². The lowest BCUT2D eigenvalue weighted by Crippen LogP contribution is -2.33. The van der Waals surface area contributed by atoms with Crippen LogP contribution in [0.25, 0.3) is 0 Å². The topological polar surface area (TPSA) is 55.1 Å². The first kappa shape index (κ1) is 15.4. The molecule has 0 saturated heterocycles. The lowest BCUT2D eigenvalue weighted by Gasteiger charge is -2.15. The predicted molar refractivity (Wildman–Crippen MR) is 83.0 cm³/mol. The zero-order valence-electron chi connectivity index (χ0n) is 9.87. The molecule has 3 N–H and O–H groups in total. The second kappa shape index (κ2) is 7.07. The summed E-state index contributed by atoms with van der Waals surface area (Å²) in [5.74, 6) is -0.625. The monoisotopic (exact) mass is 348 g/mol. The first-order valence-electron chi connectivity index (χ1n) is 5.51. The van der Waals surface area contributed by atoms with Gasteiger partial charge in [-0.3, -0.25) is 4.79 Å². The number of halogens is 2. The van der Waals surface area contributed by atoms with Crippen LogP contribution >= 0.6 is 39.7 Å². The van der Waals surface area contributed by atoms with Gasteiger partial charge in [-0.2, -0.15) is 0 Å². The molecule has 0 radical (unpaired) electrons. The number of carbonyl (C=O) groups is 1. The Labute approximate surface area is 125 Å². The highest BCUT2D eigenvalue weighted by atomic mass is 79.9. The average Bonchev–Trinajstić information content (AvgIpc) is 2.29. The van der Waals surface area contributed by atoms with Crippen molar-refractivity contribution in [2.45, 2.75) is 19.8 Å². The third kappa shape index (κ3) is 4.23. The zero-order chi connectivity index (χ0) is 13.7. The van der Waals surface area contributed by atoms with Crippen molar-refractivity contribution in [1.82, 2.24) is 0 Å². The molecule has 1 rings (SSSR count). The summed E-state index contributed by atoms with van der Waals surface area (Å²) in [6, 6.07) is 5.15. The van der Waals surface area contributed by atoms with Gasteiger partial charge in [-0.05, 0) is 40.5 Å². The van der Waals surface area contributed by atoms with Gasteiger partial charge in [0, 0.05) is 9.50 Å². The molecule has 0 aromatic heterocycles. The van der Waals surface area contributed by atoms with E-state index in [9.17, 15) is 4.79 Å². The van der Waals surface area contributed by atoms with E-state index < -0.39 is 5.92 Å². The lowest BCUT2D eigenvalue weighted by molar-refractivity contribution is -0.118. The number of hydrogen-bond donors (Lipinski definition) is 2. The smallest absolute Gasteiger partial charge is 0.234 e. The van der Waals surface area contributed by atoms with Crippen molar-refractivity contribution in [2.75, 3.05) is 5.32 Å². The van der Waals surface area contributed by atoms with Gasteiger partial charge in [-0.25, -0.2) is 0 Å². The number of benzene rings is 1. The van der Waals surface area contributed by atoms with Gasteiger partial charge in [0.1, 0.15) is 0 Å². The molecule has 0 spiro atoms. The number of hydrogen-bond acceptors (Lipinski definition) is 2. The number of rotatable bonds is 5. The Morgan fingerprint density at radius 1 is 1.61 bits per heavy atom. The van der Waals surface area contributed by atoms with Crippen LogP contribution in [0.4, 0.5) is 5.69 Å². The molecule has 1 atom stereocenters. The van der Waals surface area contributed by atoms with Crippen molar-refractivity contribution in [3.05, 3.63) is 27.7 Å². The zero-order valence-corrected chi connectivity index (χ0v) is 13.0. The summed E-state index contributed by atoms with van der Waals surface area (Å²) in [6.45, 7) is 1.98. The molecule has 0 heterocycles. The number of carbonyl (C=O) groups excluding carboxylic acids is 1. The molecule has 0 aliphatic heterocycles.